The van der Waals surface area contributed by atoms with Gasteiger partial charge in [0.05, 0.1) is 18.2 Å². The van der Waals surface area contributed by atoms with Crippen molar-refractivity contribution in [1.82, 2.24) is 9.88 Å². The number of benzene rings is 1. The molecular weight excluding hydrogens is 390 g/mol. The van der Waals surface area contributed by atoms with E-state index < -0.39 is 6.04 Å². The molecule has 0 spiro atoms. The summed E-state index contributed by atoms with van der Waals surface area (Å²) in [6.07, 6.45) is 1.50. The number of pyridine rings is 1. The first kappa shape index (κ1) is 19.9. The predicted octanol–water partition coefficient (Wildman–Crippen LogP) is 3.05. The van der Waals surface area contributed by atoms with Gasteiger partial charge in [-0.3, -0.25) is 14.5 Å². The fraction of sp³-hybridized carbons (Fsp3) is 0.409. The van der Waals surface area contributed by atoms with Gasteiger partial charge in [0.25, 0.3) is 5.91 Å². The average Bonchev–Trinajstić information content (AvgIpc) is 2.62. The van der Waals surface area contributed by atoms with E-state index in [2.05, 4.69) is 31.0 Å². The van der Waals surface area contributed by atoms with Crippen molar-refractivity contribution >= 4 is 29.2 Å². The fourth-order valence-corrected chi connectivity index (χ4v) is 4.14. The van der Waals surface area contributed by atoms with Crippen LogP contribution in [0, 0.1) is 26.7 Å². The molecule has 2 aliphatic rings. The highest BCUT2D eigenvalue weighted by atomic mass is 35.5. The smallest absolute Gasteiger partial charge is 0.251 e. The Kier molecular flexibility index (Phi) is 5.32. The zero-order chi connectivity index (χ0) is 20.7. The van der Waals surface area contributed by atoms with Gasteiger partial charge >= 0.3 is 0 Å². The van der Waals surface area contributed by atoms with Gasteiger partial charge < -0.3 is 9.64 Å². The Morgan fingerprint density at radius 2 is 1.86 bits per heavy atom. The molecule has 2 saturated heterocycles. The number of hydrogen-bond donors (Lipinski definition) is 0. The second-order valence-corrected chi connectivity index (χ2v) is 8.34. The summed E-state index contributed by atoms with van der Waals surface area (Å²) in [4.78, 5) is 34.1. The van der Waals surface area contributed by atoms with E-state index in [0.717, 1.165) is 11.1 Å². The Morgan fingerprint density at radius 3 is 2.48 bits per heavy atom. The molecule has 1 aromatic carbocycles. The summed E-state index contributed by atoms with van der Waals surface area (Å²) < 4.78 is 5.34. The predicted molar refractivity (Wildman–Crippen MR) is 111 cm³/mol. The molecular formula is C22H24ClN3O3. The van der Waals surface area contributed by atoms with Gasteiger partial charge in [-0.05, 0) is 49.1 Å². The summed E-state index contributed by atoms with van der Waals surface area (Å²) in [5.41, 5.74) is 4.16. The molecule has 4 rings (SSSR count). The third-order valence-electron chi connectivity index (χ3n) is 5.78. The monoisotopic (exact) mass is 413 g/mol. The van der Waals surface area contributed by atoms with Gasteiger partial charge in [-0.1, -0.05) is 29.8 Å². The summed E-state index contributed by atoms with van der Waals surface area (Å²) in [7, 11) is 0. The topological polar surface area (TPSA) is 62.7 Å². The van der Waals surface area contributed by atoms with Crippen LogP contribution >= 0.6 is 11.6 Å². The summed E-state index contributed by atoms with van der Waals surface area (Å²) in [5, 5.41) is 0.502. The van der Waals surface area contributed by atoms with Crippen LogP contribution < -0.4 is 4.90 Å². The Hall–Kier alpha value is -2.44. The van der Waals surface area contributed by atoms with Crippen molar-refractivity contribution in [3.8, 4) is 0 Å². The summed E-state index contributed by atoms with van der Waals surface area (Å²) in [6.45, 7) is 7.30. The van der Waals surface area contributed by atoms with Crippen LogP contribution in [0.4, 0.5) is 5.82 Å². The van der Waals surface area contributed by atoms with Gasteiger partial charge in [-0.15, -0.1) is 0 Å². The molecule has 2 aliphatic heterocycles. The lowest BCUT2D eigenvalue weighted by Gasteiger charge is -2.45. The van der Waals surface area contributed by atoms with E-state index in [1.165, 1.54) is 22.2 Å². The van der Waals surface area contributed by atoms with Crippen LogP contribution in [-0.4, -0.2) is 47.5 Å². The molecule has 0 bridgehead atoms. The number of piperazine rings is 1. The van der Waals surface area contributed by atoms with E-state index in [-0.39, 0.29) is 24.3 Å². The van der Waals surface area contributed by atoms with Crippen molar-refractivity contribution in [2.75, 3.05) is 24.7 Å². The molecule has 6 nitrogen and oxygen atoms in total. The number of carbonyl (C=O) groups is 2. The van der Waals surface area contributed by atoms with Crippen molar-refractivity contribution in [2.24, 2.45) is 5.92 Å². The third kappa shape index (κ3) is 3.74. The van der Waals surface area contributed by atoms with Crippen LogP contribution in [0.5, 0.6) is 0 Å². The highest BCUT2D eigenvalue weighted by molar-refractivity contribution is 6.30. The molecule has 3 heterocycles. The minimum absolute atomic E-state index is 0.00611. The van der Waals surface area contributed by atoms with Crippen LogP contribution in [0.25, 0.3) is 0 Å². The molecule has 2 fully saturated rings. The van der Waals surface area contributed by atoms with Crippen molar-refractivity contribution < 1.29 is 14.3 Å². The Bertz CT molecular complexity index is 974. The minimum atomic E-state index is -0.552. The first-order valence-corrected chi connectivity index (χ1v) is 10.1. The summed E-state index contributed by atoms with van der Waals surface area (Å²) in [5.74, 6) is 0.285. The number of rotatable bonds is 4. The number of amides is 2. The van der Waals surface area contributed by atoms with Gasteiger partial charge in [0.15, 0.2) is 0 Å². The quantitative estimate of drug-likeness (QED) is 0.772. The minimum Gasteiger partial charge on any atom is -0.380 e. The lowest BCUT2D eigenvalue weighted by molar-refractivity contribution is -0.155. The number of anilines is 1. The molecule has 1 aromatic heterocycles. The lowest BCUT2D eigenvalue weighted by Crippen LogP contribution is -2.65. The fourth-order valence-electron chi connectivity index (χ4n) is 3.92. The van der Waals surface area contributed by atoms with Gasteiger partial charge in [-0.25, -0.2) is 4.98 Å². The number of halogens is 1. The van der Waals surface area contributed by atoms with Gasteiger partial charge in [0.2, 0.25) is 5.91 Å². The maximum atomic E-state index is 13.5. The number of aryl methyl sites for hydroxylation is 3. The SMILES string of the molecule is Cc1ccc(CN2C(=O)CN(c3ncc(Cl)cc3C)C(=O)[C@@H]2C2COC2)cc1C. The van der Waals surface area contributed by atoms with Crippen molar-refractivity contribution in [3.05, 3.63) is 57.7 Å². The number of hydrogen-bond acceptors (Lipinski definition) is 4. The first-order chi connectivity index (χ1) is 13.8. The van der Waals surface area contributed by atoms with E-state index >= 15 is 0 Å². The summed E-state index contributed by atoms with van der Waals surface area (Å²) >= 11 is 6.01. The van der Waals surface area contributed by atoms with Crippen molar-refractivity contribution in [1.29, 1.82) is 0 Å². The van der Waals surface area contributed by atoms with E-state index in [0.29, 0.717) is 30.6 Å². The number of ether oxygens (including phenoxy) is 1. The molecule has 0 radical (unpaired) electrons. The van der Waals surface area contributed by atoms with Gasteiger partial charge in [0, 0.05) is 18.7 Å². The maximum absolute atomic E-state index is 13.5. The average molecular weight is 414 g/mol. The number of nitrogens with zero attached hydrogens (tertiary/aromatic N) is 3. The Morgan fingerprint density at radius 1 is 1.10 bits per heavy atom. The first-order valence-electron chi connectivity index (χ1n) is 9.72. The molecule has 0 saturated carbocycles. The van der Waals surface area contributed by atoms with E-state index in [1.807, 2.05) is 13.0 Å². The van der Waals surface area contributed by atoms with Crippen LogP contribution in [0.2, 0.25) is 5.02 Å². The molecule has 0 aliphatic carbocycles. The molecule has 0 N–H and O–H groups in total. The third-order valence-corrected chi connectivity index (χ3v) is 5.98. The van der Waals surface area contributed by atoms with Crippen LogP contribution in [-0.2, 0) is 20.9 Å². The van der Waals surface area contributed by atoms with E-state index in [9.17, 15) is 9.59 Å². The number of aromatic nitrogens is 1. The van der Waals surface area contributed by atoms with Gasteiger partial charge in [-0.2, -0.15) is 0 Å². The molecule has 152 valence electrons. The Balaban J connectivity index is 1.66. The molecule has 2 aromatic rings. The van der Waals surface area contributed by atoms with Crippen LogP contribution in [0.15, 0.2) is 30.5 Å². The normalized spacial score (nSPS) is 20.2. The van der Waals surface area contributed by atoms with Crippen LogP contribution in [0.1, 0.15) is 22.3 Å². The zero-order valence-electron chi connectivity index (χ0n) is 16.8. The van der Waals surface area contributed by atoms with Crippen LogP contribution in [0.3, 0.4) is 0 Å². The largest absolute Gasteiger partial charge is 0.380 e. The van der Waals surface area contributed by atoms with E-state index in [4.69, 9.17) is 16.3 Å². The van der Waals surface area contributed by atoms with Crippen molar-refractivity contribution in [3.63, 3.8) is 0 Å². The second kappa shape index (κ2) is 7.76. The maximum Gasteiger partial charge on any atom is 0.251 e. The highest BCUT2D eigenvalue weighted by Crippen LogP contribution is 2.31. The summed E-state index contributed by atoms with van der Waals surface area (Å²) in [6, 6.07) is 7.36. The Labute approximate surface area is 175 Å². The highest BCUT2D eigenvalue weighted by Gasteiger charge is 2.47. The van der Waals surface area contributed by atoms with Gasteiger partial charge in [0.1, 0.15) is 18.4 Å². The van der Waals surface area contributed by atoms with Crippen molar-refractivity contribution in [2.45, 2.75) is 33.4 Å². The molecule has 7 heteroatoms. The molecule has 0 unspecified atom stereocenters. The molecule has 2 amide bonds. The standard InChI is InChI=1S/C22H24ClN3O3/c1-13-4-5-16(6-14(13)2)9-25-19(27)10-26(21-15(3)7-18(23)8-24-21)22(28)20(25)17-11-29-12-17/h4-8,17,20H,9-12H2,1-3H3/t20-/m0/s1. The number of carbonyl (C=O) groups excluding carboxylic acids is 2. The molecule has 1 atom stereocenters. The molecule has 29 heavy (non-hydrogen) atoms. The zero-order valence-corrected chi connectivity index (χ0v) is 17.6. The second-order valence-electron chi connectivity index (χ2n) is 7.90. The lowest BCUT2D eigenvalue weighted by atomic mass is 9.92. The van der Waals surface area contributed by atoms with E-state index in [1.54, 1.807) is 11.0 Å².